The minimum atomic E-state index is 0.0215. The maximum absolute atomic E-state index is 2.68. The Morgan fingerprint density at radius 3 is 1.98 bits per heavy atom. The van der Waals surface area contributed by atoms with Crippen LogP contribution in [0.15, 0.2) is 140 Å². The van der Waals surface area contributed by atoms with E-state index in [0.29, 0.717) is 0 Å². The fourth-order valence-electron chi connectivity index (χ4n) is 9.70. The molecule has 2 aliphatic rings. The summed E-state index contributed by atoms with van der Waals surface area (Å²) in [5, 5.41) is 10.6. The molecule has 0 spiro atoms. The Balaban J connectivity index is 1.20. The zero-order valence-corrected chi connectivity index (χ0v) is 28.3. The van der Waals surface area contributed by atoms with Crippen LogP contribution in [0.1, 0.15) is 38.2 Å². The Morgan fingerprint density at radius 1 is 0.542 bits per heavy atom. The van der Waals surface area contributed by atoms with Crippen molar-refractivity contribution in [1.29, 1.82) is 0 Å². The number of nitrogens with zero attached hydrogens (tertiary/aromatic N) is 1. The van der Waals surface area contributed by atoms with Gasteiger partial charge < -0.3 is 4.90 Å². The summed E-state index contributed by atoms with van der Waals surface area (Å²) in [5.41, 5.74) is 9.44. The van der Waals surface area contributed by atoms with E-state index in [1.165, 1.54) is 108 Å². The minimum Gasteiger partial charge on any atom is -0.334 e. The van der Waals surface area contributed by atoms with Gasteiger partial charge >= 0.3 is 0 Å². The maximum atomic E-state index is 2.68. The van der Waals surface area contributed by atoms with Crippen LogP contribution >= 0.6 is 11.8 Å². The van der Waals surface area contributed by atoms with Gasteiger partial charge in [0.15, 0.2) is 0 Å². The summed E-state index contributed by atoms with van der Waals surface area (Å²) in [5.74, 6) is 0. The van der Waals surface area contributed by atoms with Gasteiger partial charge in [-0.2, -0.15) is 11.8 Å². The van der Waals surface area contributed by atoms with E-state index in [2.05, 4.69) is 169 Å². The van der Waals surface area contributed by atoms with Crippen molar-refractivity contribution in [2.24, 2.45) is 0 Å². The molecule has 1 nitrogen and oxygen atoms in total. The van der Waals surface area contributed by atoms with E-state index in [1.807, 2.05) is 0 Å². The molecule has 8 aromatic carbocycles. The summed E-state index contributed by atoms with van der Waals surface area (Å²) < 4.78 is 0.0452. The van der Waals surface area contributed by atoms with Crippen molar-refractivity contribution in [2.75, 3.05) is 11.2 Å². The molecule has 1 aliphatic heterocycles. The van der Waals surface area contributed by atoms with Crippen LogP contribution in [0, 0.1) is 0 Å². The Labute approximate surface area is 286 Å². The number of rotatable bonds is 4. The summed E-state index contributed by atoms with van der Waals surface area (Å²) in [6.07, 6.45) is 7.31. The quantitative estimate of drug-likeness (QED) is 0.177. The fraction of sp³-hybridized carbons (Fsp3) is 0.174. The minimum absolute atomic E-state index is 0.0215. The molecule has 0 bridgehead atoms. The molecule has 1 saturated carbocycles. The molecule has 1 aliphatic carbocycles. The number of thioether (sulfide) groups is 1. The van der Waals surface area contributed by atoms with E-state index in [1.54, 1.807) is 0 Å². The summed E-state index contributed by atoms with van der Waals surface area (Å²) in [6, 6.07) is 52.7. The number of para-hydroxylation sites is 1. The van der Waals surface area contributed by atoms with Gasteiger partial charge in [0.1, 0.15) is 0 Å². The molecule has 0 saturated heterocycles. The van der Waals surface area contributed by atoms with Crippen LogP contribution in [-0.2, 0) is 4.75 Å². The molecule has 0 aromatic heterocycles. The van der Waals surface area contributed by atoms with E-state index in [4.69, 9.17) is 0 Å². The zero-order chi connectivity index (χ0) is 32.0. The Bertz CT molecular complexity index is 2530. The Morgan fingerprint density at radius 2 is 1.19 bits per heavy atom. The van der Waals surface area contributed by atoms with Crippen LogP contribution in [0.3, 0.4) is 0 Å². The van der Waals surface area contributed by atoms with Crippen LogP contribution < -0.4 is 4.90 Å². The molecule has 0 N–H and O–H groups in total. The van der Waals surface area contributed by atoms with E-state index < -0.39 is 0 Å². The predicted molar refractivity (Wildman–Crippen MR) is 209 cm³/mol. The van der Waals surface area contributed by atoms with Crippen molar-refractivity contribution in [3.8, 4) is 22.3 Å². The topological polar surface area (TPSA) is 3.24 Å². The first-order chi connectivity index (χ1) is 23.6. The van der Waals surface area contributed by atoms with Gasteiger partial charge in [-0.15, -0.1) is 0 Å². The molecule has 8 aromatic rings. The first-order valence-corrected chi connectivity index (χ1v) is 18.6. The van der Waals surface area contributed by atoms with E-state index in [0.717, 1.165) is 0 Å². The van der Waals surface area contributed by atoms with Crippen molar-refractivity contribution in [2.45, 2.75) is 42.9 Å². The third-order valence-corrected chi connectivity index (χ3v) is 13.5. The summed E-state index contributed by atoms with van der Waals surface area (Å²) in [6.45, 7) is 2.53. The highest BCUT2D eigenvalue weighted by molar-refractivity contribution is 7.99. The van der Waals surface area contributed by atoms with Gasteiger partial charge in [-0.05, 0) is 121 Å². The van der Waals surface area contributed by atoms with Gasteiger partial charge in [-0.25, -0.2) is 0 Å². The summed E-state index contributed by atoms with van der Waals surface area (Å²) >= 11 is 2.08. The average molecular weight is 636 g/mol. The average Bonchev–Trinajstić information content (AvgIpc) is 3.38. The van der Waals surface area contributed by atoms with Crippen LogP contribution in [0.2, 0.25) is 0 Å². The first-order valence-electron chi connectivity index (χ1n) is 17.4. The molecule has 0 radical (unpaired) electrons. The van der Waals surface area contributed by atoms with Crippen LogP contribution in [-0.4, -0.2) is 11.8 Å². The molecule has 0 amide bonds. The third-order valence-electron chi connectivity index (χ3n) is 11.9. The molecule has 10 rings (SSSR count). The molecule has 2 atom stereocenters. The third kappa shape index (κ3) is 3.70. The van der Waals surface area contributed by atoms with Crippen LogP contribution in [0.5, 0.6) is 0 Å². The van der Waals surface area contributed by atoms with E-state index in [-0.39, 0.29) is 10.3 Å². The number of hydrogen-bond acceptors (Lipinski definition) is 2. The second-order valence-corrected chi connectivity index (χ2v) is 15.2. The second-order valence-electron chi connectivity index (χ2n) is 14.1. The number of fused-ring (bicyclic) bond motifs is 4. The van der Waals surface area contributed by atoms with Gasteiger partial charge in [0, 0.05) is 11.4 Å². The lowest BCUT2D eigenvalue weighted by molar-refractivity contribution is 0.262. The van der Waals surface area contributed by atoms with Crippen molar-refractivity contribution >= 4 is 66.2 Å². The Hall–Kier alpha value is -4.79. The van der Waals surface area contributed by atoms with Gasteiger partial charge in [-0.1, -0.05) is 128 Å². The maximum Gasteiger partial charge on any atom is 0.0658 e. The van der Waals surface area contributed by atoms with Crippen LogP contribution in [0.25, 0.3) is 65.3 Å². The monoisotopic (exact) mass is 635 g/mol. The highest BCUT2D eigenvalue weighted by Crippen LogP contribution is 2.65. The van der Waals surface area contributed by atoms with Crippen molar-refractivity contribution in [1.82, 2.24) is 0 Å². The SMILES string of the molecule is CSC12CCCCC1(C)N(c1ccccc1)c1ccc(-c3ccc4ccc5c(-c6cccc7ccccc67)ccc6ccc3c4c65)cc12. The lowest BCUT2D eigenvalue weighted by atomic mass is 9.71. The molecule has 1 fully saturated rings. The number of hydrogen-bond donors (Lipinski definition) is 0. The zero-order valence-electron chi connectivity index (χ0n) is 27.5. The van der Waals surface area contributed by atoms with Crippen molar-refractivity contribution < 1.29 is 0 Å². The van der Waals surface area contributed by atoms with Crippen molar-refractivity contribution in [3.05, 3.63) is 145 Å². The molecular formula is C46H37NS. The predicted octanol–water partition coefficient (Wildman–Crippen LogP) is 13.1. The van der Waals surface area contributed by atoms with Gasteiger partial charge in [0.05, 0.1) is 10.3 Å². The largest absolute Gasteiger partial charge is 0.334 e. The van der Waals surface area contributed by atoms with Crippen LogP contribution in [0.4, 0.5) is 11.4 Å². The fourth-order valence-corrected chi connectivity index (χ4v) is 11.1. The lowest BCUT2D eigenvalue weighted by Crippen LogP contribution is -2.54. The lowest BCUT2D eigenvalue weighted by Gasteiger charge is -2.51. The van der Waals surface area contributed by atoms with E-state index in [9.17, 15) is 0 Å². The summed E-state index contributed by atoms with van der Waals surface area (Å²) in [4.78, 5) is 2.68. The molecule has 2 heteroatoms. The standard InChI is InChI=1S/C46H37NS/c1-45-27-8-9-28-46(45,48-2)41-29-33(21-26-42(41)47(45)34-13-4-3-5-14-34)36-22-17-31-20-25-40-38(23-18-32-19-24-39(36)43(31)44(32)40)37-16-10-12-30-11-6-7-15-35(30)37/h3-7,10-26,29H,8-9,27-28H2,1-2H3. The number of benzene rings is 8. The molecule has 1 heterocycles. The highest BCUT2D eigenvalue weighted by atomic mass is 32.2. The molecular weight excluding hydrogens is 599 g/mol. The molecule has 232 valence electrons. The molecule has 48 heavy (non-hydrogen) atoms. The number of anilines is 2. The smallest absolute Gasteiger partial charge is 0.0658 e. The molecule has 2 unspecified atom stereocenters. The normalized spacial score (nSPS) is 20.6. The van der Waals surface area contributed by atoms with E-state index >= 15 is 0 Å². The highest BCUT2D eigenvalue weighted by Gasteiger charge is 2.60. The second kappa shape index (κ2) is 10.4. The van der Waals surface area contributed by atoms with Gasteiger partial charge in [0.2, 0.25) is 0 Å². The summed E-state index contributed by atoms with van der Waals surface area (Å²) in [7, 11) is 0. The van der Waals surface area contributed by atoms with Gasteiger partial charge in [0.25, 0.3) is 0 Å². The first kappa shape index (κ1) is 28.2. The van der Waals surface area contributed by atoms with Gasteiger partial charge in [-0.3, -0.25) is 0 Å². The van der Waals surface area contributed by atoms with Crippen molar-refractivity contribution in [3.63, 3.8) is 0 Å². The Kier molecular flexibility index (Phi) is 6.09.